The van der Waals surface area contributed by atoms with Crippen LogP contribution in [-0.4, -0.2) is 36.5 Å². The number of carbonyl (C=O) groups is 1. The maximum atomic E-state index is 12.0. The maximum absolute atomic E-state index is 12.0. The first-order chi connectivity index (χ1) is 10.2. The number of likely N-dealkylation sites (tertiary alicyclic amines) is 1. The molecule has 1 aliphatic rings. The van der Waals surface area contributed by atoms with Crippen LogP contribution >= 0.6 is 12.4 Å². The van der Waals surface area contributed by atoms with E-state index in [0.29, 0.717) is 18.2 Å². The smallest absolute Gasteiger partial charge is 0.251 e. The summed E-state index contributed by atoms with van der Waals surface area (Å²) >= 11 is 0. The minimum atomic E-state index is 0. The lowest BCUT2D eigenvalue weighted by atomic mass is 10.0. The van der Waals surface area contributed by atoms with E-state index < -0.39 is 0 Å². The average molecular weight is 326 g/mol. The van der Waals surface area contributed by atoms with Crippen molar-refractivity contribution in [3.63, 3.8) is 0 Å². The number of piperidine rings is 1. The number of hydrogen-bond acceptors (Lipinski definition) is 3. The predicted molar refractivity (Wildman–Crippen MR) is 93.4 cm³/mol. The molecule has 1 aromatic carbocycles. The molecule has 0 spiro atoms. The Labute approximate surface area is 139 Å². The summed E-state index contributed by atoms with van der Waals surface area (Å²) < 4.78 is 0. The van der Waals surface area contributed by atoms with Gasteiger partial charge in [0.15, 0.2) is 0 Å². The van der Waals surface area contributed by atoms with Gasteiger partial charge in [0.05, 0.1) is 0 Å². The number of nitrogens with two attached hydrogens (primary N) is 1. The van der Waals surface area contributed by atoms with Crippen LogP contribution in [0.15, 0.2) is 24.3 Å². The highest BCUT2D eigenvalue weighted by molar-refractivity contribution is 5.94. The Bertz CT molecular complexity index is 450. The van der Waals surface area contributed by atoms with Crippen molar-refractivity contribution in [1.29, 1.82) is 0 Å². The second kappa shape index (κ2) is 9.82. The van der Waals surface area contributed by atoms with Gasteiger partial charge in [0.2, 0.25) is 0 Å². The highest BCUT2D eigenvalue weighted by Crippen LogP contribution is 2.16. The Morgan fingerprint density at radius 2 is 2.05 bits per heavy atom. The van der Waals surface area contributed by atoms with Crippen molar-refractivity contribution in [2.75, 3.05) is 19.6 Å². The molecule has 1 unspecified atom stereocenters. The van der Waals surface area contributed by atoms with Crippen molar-refractivity contribution in [2.24, 2.45) is 5.73 Å². The third kappa shape index (κ3) is 5.59. The van der Waals surface area contributed by atoms with Gasteiger partial charge in [0, 0.05) is 31.2 Å². The summed E-state index contributed by atoms with van der Waals surface area (Å²) in [7, 11) is 0. The third-order valence-electron chi connectivity index (χ3n) is 4.30. The average Bonchev–Trinajstić information content (AvgIpc) is 2.53. The maximum Gasteiger partial charge on any atom is 0.251 e. The summed E-state index contributed by atoms with van der Waals surface area (Å²) in [5.41, 5.74) is 7.30. The number of nitrogens with zero attached hydrogens (tertiary/aromatic N) is 1. The van der Waals surface area contributed by atoms with Gasteiger partial charge in [-0.2, -0.15) is 0 Å². The van der Waals surface area contributed by atoms with Gasteiger partial charge in [0.25, 0.3) is 5.91 Å². The first kappa shape index (κ1) is 18.9. The lowest BCUT2D eigenvalue weighted by molar-refractivity contribution is 0.0949. The van der Waals surface area contributed by atoms with Crippen LogP contribution in [0.4, 0.5) is 0 Å². The van der Waals surface area contributed by atoms with Crippen LogP contribution in [0.3, 0.4) is 0 Å². The molecule has 0 aromatic heterocycles. The number of nitrogens with one attached hydrogen (secondary N) is 1. The predicted octanol–water partition coefficient (Wildman–Crippen LogP) is 2.56. The number of carbonyl (C=O) groups excluding carboxylic acids is 1. The highest BCUT2D eigenvalue weighted by Gasteiger charge is 2.17. The molecule has 0 saturated carbocycles. The molecule has 1 saturated heterocycles. The standard InChI is InChI=1S/C17H27N3O.ClH/c1-14-5-2-3-11-20(14)12-4-10-19-17(21)16-8-6-15(13-18)7-9-16;/h6-9,14H,2-5,10-13,18H2,1H3,(H,19,21);1H. The largest absolute Gasteiger partial charge is 0.352 e. The van der Waals surface area contributed by atoms with Crippen LogP contribution in [0, 0.1) is 0 Å². The summed E-state index contributed by atoms with van der Waals surface area (Å²) in [6, 6.07) is 8.18. The molecule has 1 aliphatic heterocycles. The molecule has 1 heterocycles. The van der Waals surface area contributed by atoms with Crippen molar-refractivity contribution in [3.05, 3.63) is 35.4 Å². The van der Waals surface area contributed by atoms with E-state index in [-0.39, 0.29) is 18.3 Å². The summed E-state index contributed by atoms with van der Waals surface area (Å²) in [4.78, 5) is 14.5. The molecule has 5 heteroatoms. The molecule has 0 aliphatic carbocycles. The number of hydrogen-bond donors (Lipinski definition) is 2. The van der Waals surface area contributed by atoms with Gasteiger partial charge < -0.3 is 16.0 Å². The van der Waals surface area contributed by atoms with Crippen molar-refractivity contribution in [2.45, 2.75) is 45.2 Å². The van der Waals surface area contributed by atoms with E-state index in [9.17, 15) is 4.79 Å². The van der Waals surface area contributed by atoms with Gasteiger partial charge >= 0.3 is 0 Å². The first-order valence-corrected chi connectivity index (χ1v) is 8.02. The Morgan fingerprint density at radius 1 is 1.32 bits per heavy atom. The minimum Gasteiger partial charge on any atom is -0.352 e. The van der Waals surface area contributed by atoms with Gasteiger partial charge in [-0.25, -0.2) is 0 Å². The zero-order valence-corrected chi connectivity index (χ0v) is 14.2. The number of rotatable bonds is 6. The third-order valence-corrected chi connectivity index (χ3v) is 4.30. The zero-order valence-electron chi connectivity index (χ0n) is 13.4. The van der Waals surface area contributed by atoms with Crippen molar-refractivity contribution < 1.29 is 4.79 Å². The van der Waals surface area contributed by atoms with E-state index >= 15 is 0 Å². The first-order valence-electron chi connectivity index (χ1n) is 8.02. The number of benzene rings is 1. The quantitative estimate of drug-likeness (QED) is 0.790. The van der Waals surface area contributed by atoms with E-state index in [2.05, 4.69) is 17.1 Å². The second-order valence-electron chi connectivity index (χ2n) is 5.89. The summed E-state index contributed by atoms with van der Waals surface area (Å²) in [6.45, 7) is 5.83. The molecular weight excluding hydrogens is 298 g/mol. The molecule has 0 bridgehead atoms. The Kier molecular flexibility index (Phi) is 8.46. The molecule has 1 aromatic rings. The monoisotopic (exact) mass is 325 g/mol. The van der Waals surface area contributed by atoms with Crippen LogP contribution in [0.25, 0.3) is 0 Å². The van der Waals surface area contributed by atoms with Crippen LogP contribution in [0.5, 0.6) is 0 Å². The van der Waals surface area contributed by atoms with Crippen LogP contribution < -0.4 is 11.1 Å². The van der Waals surface area contributed by atoms with Crippen molar-refractivity contribution in [3.8, 4) is 0 Å². The van der Waals surface area contributed by atoms with E-state index in [4.69, 9.17) is 5.73 Å². The topological polar surface area (TPSA) is 58.4 Å². The van der Waals surface area contributed by atoms with Gasteiger partial charge in [-0.3, -0.25) is 4.79 Å². The van der Waals surface area contributed by atoms with E-state index in [1.165, 1.54) is 25.8 Å². The van der Waals surface area contributed by atoms with E-state index in [0.717, 1.165) is 25.1 Å². The summed E-state index contributed by atoms with van der Waals surface area (Å²) in [5, 5.41) is 2.99. The van der Waals surface area contributed by atoms with E-state index in [1.54, 1.807) is 0 Å². The molecule has 1 amide bonds. The fraction of sp³-hybridized carbons (Fsp3) is 0.588. The van der Waals surface area contributed by atoms with Crippen LogP contribution in [0.2, 0.25) is 0 Å². The van der Waals surface area contributed by atoms with Gasteiger partial charge in [-0.15, -0.1) is 12.4 Å². The summed E-state index contributed by atoms with van der Waals surface area (Å²) in [6.07, 6.45) is 4.98. The molecule has 2 rings (SSSR count). The molecule has 124 valence electrons. The lowest BCUT2D eigenvalue weighted by Crippen LogP contribution is -2.39. The summed E-state index contributed by atoms with van der Waals surface area (Å²) in [5.74, 6) is 0.00487. The Balaban J connectivity index is 0.00000242. The van der Waals surface area contributed by atoms with Crippen LogP contribution in [0.1, 0.15) is 48.5 Å². The highest BCUT2D eigenvalue weighted by atomic mass is 35.5. The van der Waals surface area contributed by atoms with E-state index in [1.807, 2.05) is 24.3 Å². The molecule has 1 atom stereocenters. The van der Waals surface area contributed by atoms with Gasteiger partial charge in [-0.05, 0) is 50.4 Å². The molecule has 22 heavy (non-hydrogen) atoms. The zero-order chi connectivity index (χ0) is 15.1. The van der Waals surface area contributed by atoms with Gasteiger partial charge in [-0.1, -0.05) is 18.6 Å². The lowest BCUT2D eigenvalue weighted by Gasteiger charge is -2.33. The molecular formula is C17H28ClN3O. The second-order valence-corrected chi connectivity index (χ2v) is 5.89. The molecule has 4 nitrogen and oxygen atoms in total. The van der Waals surface area contributed by atoms with Gasteiger partial charge in [0.1, 0.15) is 0 Å². The Morgan fingerprint density at radius 3 is 2.68 bits per heavy atom. The SMILES string of the molecule is CC1CCCCN1CCCNC(=O)c1ccc(CN)cc1.Cl. The molecule has 0 radical (unpaired) electrons. The van der Waals surface area contributed by atoms with Crippen LogP contribution in [-0.2, 0) is 6.54 Å². The number of halogens is 1. The molecule has 1 fully saturated rings. The number of amides is 1. The fourth-order valence-corrected chi connectivity index (χ4v) is 2.87. The minimum absolute atomic E-state index is 0. The Hall–Kier alpha value is -1.10. The van der Waals surface area contributed by atoms with Crippen molar-refractivity contribution >= 4 is 18.3 Å². The molecule has 3 N–H and O–H groups in total. The van der Waals surface area contributed by atoms with Crippen molar-refractivity contribution in [1.82, 2.24) is 10.2 Å². The fourth-order valence-electron chi connectivity index (χ4n) is 2.87. The normalized spacial score (nSPS) is 18.5.